The van der Waals surface area contributed by atoms with E-state index in [4.69, 9.17) is 23.1 Å². The van der Waals surface area contributed by atoms with E-state index < -0.39 is 40.8 Å². The summed E-state index contributed by atoms with van der Waals surface area (Å²) in [6.45, 7) is 0.580. The standard InChI is InChI=1S/C28H32O8S/c1-37(30,31)36-25-24(20-32-17-21-11-5-2-6-12-21)35-28(29)27(34-19-23-15-9-4-10-16-23)26(25)33-18-22-13-7-3-8-14-22/h2-16,24-29H,17-20H2,1H3/t24-,25+,26+,27-,28-/m1/s1. The largest absolute Gasteiger partial charge is 0.374 e. The molecular weight excluding hydrogens is 496 g/mol. The first-order valence-electron chi connectivity index (χ1n) is 12.0. The molecule has 1 aliphatic heterocycles. The van der Waals surface area contributed by atoms with Gasteiger partial charge in [-0.2, -0.15) is 8.42 Å². The van der Waals surface area contributed by atoms with E-state index in [-0.39, 0.29) is 26.4 Å². The van der Waals surface area contributed by atoms with Gasteiger partial charge in [0.05, 0.1) is 32.7 Å². The van der Waals surface area contributed by atoms with Crippen molar-refractivity contribution in [1.29, 1.82) is 0 Å². The van der Waals surface area contributed by atoms with Crippen LogP contribution in [0, 0.1) is 0 Å². The molecule has 0 spiro atoms. The summed E-state index contributed by atoms with van der Waals surface area (Å²) in [5.74, 6) is 0. The van der Waals surface area contributed by atoms with E-state index in [1.54, 1.807) is 0 Å². The van der Waals surface area contributed by atoms with Gasteiger partial charge in [0.15, 0.2) is 6.29 Å². The summed E-state index contributed by atoms with van der Waals surface area (Å²) >= 11 is 0. The Hall–Kier alpha value is -2.63. The molecule has 0 aliphatic carbocycles. The highest BCUT2D eigenvalue weighted by molar-refractivity contribution is 7.86. The minimum atomic E-state index is -3.91. The highest BCUT2D eigenvalue weighted by Crippen LogP contribution is 2.30. The van der Waals surface area contributed by atoms with E-state index in [2.05, 4.69) is 0 Å². The zero-order chi connectivity index (χ0) is 26.1. The van der Waals surface area contributed by atoms with Gasteiger partial charge in [0.1, 0.15) is 24.4 Å². The lowest BCUT2D eigenvalue weighted by Gasteiger charge is -2.43. The Kier molecular flexibility index (Phi) is 9.81. The first-order valence-corrected chi connectivity index (χ1v) is 13.9. The lowest BCUT2D eigenvalue weighted by molar-refractivity contribution is -0.304. The molecule has 9 heteroatoms. The molecule has 37 heavy (non-hydrogen) atoms. The predicted octanol–water partition coefficient (Wildman–Crippen LogP) is 3.44. The fraction of sp³-hybridized carbons (Fsp3) is 0.357. The van der Waals surface area contributed by atoms with Crippen LogP contribution < -0.4 is 0 Å². The first kappa shape index (κ1) is 27.4. The van der Waals surface area contributed by atoms with Gasteiger partial charge in [-0.1, -0.05) is 91.0 Å². The molecule has 4 rings (SSSR count). The fourth-order valence-corrected chi connectivity index (χ4v) is 4.75. The lowest BCUT2D eigenvalue weighted by Crippen LogP contribution is -2.61. The highest BCUT2D eigenvalue weighted by atomic mass is 32.2. The maximum absolute atomic E-state index is 12.3. The van der Waals surface area contributed by atoms with Crippen LogP contribution in [-0.4, -0.2) is 57.1 Å². The molecule has 5 atom stereocenters. The van der Waals surface area contributed by atoms with Crippen LogP contribution in [0.25, 0.3) is 0 Å². The second kappa shape index (κ2) is 13.3. The van der Waals surface area contributed by atoms with Crippen LogP contribution in [0.3, 0.4) is 0 Å². The maximum atomic E-state index is 12.3. The van der Waals surface area contributed by atoms with Crippen molar-refractivity contribution in [1.82, 2.24) is 0 Å². The molecule has 0 saturated carbocycles. The number of hydrogen-bond donors (Lipinski definition) is 1. The van der Waals surface area contributed by atoms with E-state index in [9.17, 15) is 13.5 Å². The Morgan fingerprint density at radius 3 is 1.65 bits per heavy atom. The van der Waals surface area contributed by atoms with Crippen LogP contribution in [-0.2, 0) is 53.1 Å². The molecule has 0 amide bonds. The molecule has 1 aliphatic rings. The first-order chi connectivity index (χ1) is 17.9. The summed E-state index contributed by atoms with van der Waals surface area (Å²) < 4.78 is 53.8. The third kappa shape index (κ3) is 8.44. The van der Waals surface area contributed by atoms with Crippen LogP contribution in [0.2, 0.25) is 0 Å². The quantitative estimate of drug-likeness (QED) is 0.357. The topological polar surface area (TPSA) is 101 Å². The average Bonchev–Trinajstić information content (AvgIpc) is 2.89. The zero-order valence-corrected chi connectivity index (χ0v) is 21.4. The number of ether oxygens (including phenoxy) is 4. The summed E-state index contributed by atoms with van der Waals surface area (Å²) in [4.78, 5) is 0. The van der Waals surface area contributed by atoms with Crippen molar-refractivity contribution in [3.63, 3.8) is 0 Å². The second-order valence-electron chi connectivity index (χ2n) is 8.85. The van der Waals surface area contributed by atoms with Gasteiger partial charge in [-0.05, 0) is 16.7 Å². The molecule has 198 valence electrons. The monoisotopic (exact) mass is 528 g/mol. The van der Waals surface area contributed by atoms with Gasteiger partial charge < -0.3 is 24.1 Å². The fourth-order valence-electron chi connectivity index (χ4n) is 4.11. The van der Waals surface area contributed by atoms with Gasteiger partial charge in [-0.25, -0.2) is 0 Å². The zero-order valence-electron chi connectivity index (χ0n) is 20.6. The summed E-state index contributed by atoms with van der Waals surface area (Å²) in [5, 5.41) is 10.9. The van der Waals surface area contributed by atoms with Crippen molar-refractivity contribution in [2.45, 2.75) is 50.5 Å². The molecular formula is C28H32O8S. The molecule has 0 aromatic heterocycles. The SMILES string of the molecule is CS(=O)(=O)O[C@@H]1[C@H](OCc2ccccc2)[C@@H](OCc2ccccc2)[C@H](O)O[C@@H]1COCc1ccccc1. The van der Waals surface area contributed by atoms with Gasteiger partial charge in [0, 0.05) is 0 Å². The van der Waals surface area contributed by atoms with Crippen molar-refractivity contribution in [2.24, 2.45) is 0 Å². The summed E-state index contributed by atoms with van der Waals surface area (Å²) in [6.07, 6.45) is -4.44. The van der Waals surface area contributed by atoms with Crippen LogP contribution in [0.5, 0.6) is 0 Å². The van der Waals surface area contributed by atoms with E-state index in [0.717, 1.165) is 22.9 Å². The molecule has 1 saturated heterocycles. The number of rotatable bonds is 12. The van der Waals surface area contributed by atoms with Crippen molar-refractivity contribution in [3.05, 3.63) is 108 Å². The lowest BCUT2D eigenvalue weighted by atomic mass is 9.98. The van der Waals surface area contributed by atoms with E-state index >= 15 is 0 Å². The number of hydrogen-bond acceptors (Lipinski definition) is 8. The minimum Gasteiger partial charge on any atom is -0.374 e. The van der Waals surface area contributed by atoms with E-state index in [0.29, 0.717) is 0 Å². The van der Waals surface area contributed by atoms with Gasteiger partial charge in [-0.3, -0.25) is 4.18 Å². The highest BCUT2D eigenvalue weighted by Gasteiger charge is 2.49. The van der Waals surface area contributed by atoms with E-state index in [1.807, 2.05) is 91.0 Å². The normalized spacial score (nSPS) is 24.1. The number of aliphatic hydroxyl groups excluding tert-OH is 1. The Balaban J connectivity index is 1.54. The average molecular weight is 529 g/mol. The minimum absolute atomic E-state index is 0.0251. The summed E-state index contributed by atoms with van der Waals surface area (Å²) in [6, 6.07) is 28.4. The Morgan fingerprint density at radius 1 is 0.703 bits per heavy atom. The van der Waals surface area contributed by atoms with Crippen LogP contribution in [0.15, 0.2) is 91.0 Å². The van der Waals surface area contributed by atoms with Gasteiger partial charge in [0.2, 0.25) is 0 Å². The maximum Gasteiger partial charge on any atom is 0.264 e. The molecule has 1 fully saturated rings. The second-order valence-corrected chi connectivity index (χ2v) is 10.5. The van der Waals surface area contributed by atoms with Crippen molar-refractivity contribution in [2.75, 3.05) is 12.9 Å². The van der Waals surface area contributed by atoms with Crippen LogP contribution in [0.1, 0.15) is 16.7 Å². The Bertz CT molecular complexity index is 1170. The van der Waals surface area contributed by atoms with Crippen LogP contribution >= 0.6 is 0 Å². The smallest absolute Gasteiger partial charge is 0.264 e. The number of aliphatic hydroxyl groups is 1. The van der Waals surface area contributed by atoms with Crippen molar-refractivity contribution >= 4 is 10.1 Å². The van der Waals surface area contributed by atoms with Gasteiger partial charge >= 0.3 is 0 Å². The molecule has 0 bridgehead atoms. The Morgan fingerprint density at radius 2 is 1.16 bits per heavy atom. The molecule has 1 heterocycles. The van der Waals surface area contributed by atoms with Crippen molar-refractivity contribution < 1.29 is 36.7 Å². The third-order valence-electron chi connectivity index (χ3n) is 5.86. The molecule has 3 aromatic carbocycles. The Labute approximate surface area is 217 Å². The van der Waals surface area contributed by atoms with Crippen LogP contribution in [0.4, 0.5) is 0 Å². The predicted molar refractivity (Wildman–Crippen MR) is 137 cm³/mol. The molecule has 0 unspecified atom stereocenters. The molecule has 8 nitrogen and oxygen atoms in total. The number of benzene rings is 3. The summed E-state index contributed by atoms with van der Waals surface area (Å²) in [5.41, 5.74) is 2.70. The molecule has 1 N–H and O–H groups in total. The van der Waals surface area contributed by atoms with Gasteiger partial charge in [0.25, 0.3) is 10.1 Å². The van der Waals surface area contributed by atoms with E-state index in [1.165, 1.54) is 0 Å². The molecule has 0 radical (unpaired) electrons. The van der Waals surface area contributed by atoms with Crippen molar-refractivity contribution in [3.8, 4) is 0 Å². The van der Waals surface area contributed by atoms with Gasteiger partial charge in [-0.15, -0.1) is 0 Å². The summed E-state index contributed by atoms with van der Waals surface area (Å²) in [7, 11) is -3.91. The molecule has 3 aromatic rings. The third-order valence-corrected chi connectivity index (χ3v) is 6.43.